The summed E-state index contributed by atoms with van der Waals surface area (Å²) in [5.41, 5.74) is 3.95. The van der Waals surface area contributed by atoms with Crippen molar-refractivity contribution in [3.8, 4) is 5.69 Å². The molecule has 1 unspecified atom stereocenters. The number of hydrogen-bond donors (Lipinski definition) is 2. The van der Waals surface area contributed by atoms with Crippen LogP contribution in [0.2, 0.25) is 0 Å². The third-order valence-electron chi connectivity index (χ3n) is 5.92. The van der Waals surface area contributed by atoms with Gasteiger partial charge in [0.15, 0.2) is 0 Å². The molecule has 1 fully saturated rings. The molecule has 1 aromatic heterocycles. The monoisotopic (exact) mass is 614 g/mol. The fraction of sp³-hybridized carbons (Fsp3) is 0.120. The first-order valence-corrected chi connectivity index (χ1v) is 14.4. The number of amides is 2. The van der Waals surface area contributed by atoms with E-state index in [1.807, 2.05) is 24.3 Å². The number of benzene rings is 3. The molecule has 1 aliphatic rings. The molecule has 0 radical (unpaired) electrons. The van der Waals surface area contributed by atoms with Gasteiger partial charge in [-0.3, -0.25) is 28.9 Å². The molecule has 0 bridgehead atoms. The van der Waals surface area contributed by atoms with Crippen LogP contribution >= 0.6 is 27.7 Å². The van der Waals surface area contributed by atoms with Crippen molar-refractivity contribution in [2.75, 3.05) is 5.75 Å². The lowest BCUT2D eigenvalue weighted by molar-refractivity contribution is -0.130. The summed E-state index contributed by atoms with van der Waals surface area (Å²) in [4.78, 5) is 42.7. The summed E-state index contributed by atoms with van der Waals surface area (Å²) in [5, 5.41) is 0.953. The van der Waals surface area contributed by atoms with E-state index in [9.17, 15) is 27.4 Å². The second kappa shape index (κ2) is 9.98. The van der Waals surface area contributed by atoms with Crippen molar-refractivity contribution in [3.63, 3.8) is 0 Å². The fourth-order valence-electron chi connectivity index (χ4n) is 4.13. The molecule has 1 saturated heterocycles. The number of thioether (sulfide) groups is 1. The van der Waals surface area contributed by atoms with Gasteiger partial charge in [-0.25, -0.2) is 9.99 Å². The van der Waals surface area contributed by atoms with Crippen molar-refractivity contribution in [3.05, 3.63) is 98.5 Å². The van der Waals surface area contributed by atoms with E-state index in [-0.39, 0.29) is 33.5 Å². The van der Waals surface area contributed by atoms with Crippen LogP contribution in [0.3, 0.4) is 0 Å². The number of hydrazine groups is 1. The van der Waals surface area contributed by atoms with Crippen molar-refractivity contribution in [1.29, 1.82) is 0 Å². The highest BCUT2D eigenvalue weighted by Crippen LogP contribution is 2.38. The molecule has 0 saturated carbocycles. The van der Waals surface area contributed by atoms with Crippen molar-refractivity contribution in [2.45, 2.75) is 17.2 Å². The Kier molecular flexibility index (Phi) is 6.86. The summed E-state index contributed by atoms with van der Waals surface area (Å²) in [6.07, 6.45) is 0. The highest BCUT2D eigenvalue weighted by atomic mass is 79.9. The average Bonchev–Trinajstić information content (AvgIpc) is 3.23. The van der Waals surface area contributed by atoms with Gasteiger partial charge in [0.05, 0.1) is 27.2 Å². The number of carbonyl (C=O) groups excluding carboxylic acids is 2. The summed E-state index contributed by atoms with van der Waals surface area (Å²) in [5.74, 6) is -0.146. The van der Waals surface area contributed by atoms with Gasteiger partial charge in [-0.2, -0.15) is 8.42 Å². The Hall–Kier alpha value is -3.52. The highest BCUT2D eigenvalue weighted by molar-refractivity contribution is 9.10. The van der Waals surface area contributed by atoms with Crippen LogP contribution in [0.1, 0.15) is 27.1 Å². The number of hydrogen-bond acceptors (Lipinski definition) is 7. The topological polar surface area (TPSA) is 139 Å². The number of nitrogens with zero attached hydrogens (tertiary/aromatic N) is 3. The third kappa shape index (κ3) is 4.97. The zero-order chi connectivity index (χ0) is 27.2. The predicted molar refractivity (Wildman–Crippen MR) is 146 cm³/mol. The SMILES string of the molecule is Cc1nc2ccc(S(=O)(=O)O)cc2c(=O)n1-c1ccc(C(=O)NN2C(=O)CSC2c2cccc(Br)c2)cc1. The first kappa shape index (κ1) is 26.1. The Balaban J connectivity index is 1.43. The van der Waals surface area contributed by atoms with Crippen LogP contribution in [0, 0.1) is 6.92 Å². The Labute approximate surface area is 229 Å². The van der Waals surface area contributed by atoms with Crippen LogP contribution in [-0.4, -0.2) is 45.1 Å². The Morgan fingerprint density at radius 3 is 2.53 bits per heavy atom. The normalized spacial score (nSPS) is 15.7. The number of nitrogens with one attached hydrogen (secondary N) is 1. The molecule has 5 rings (SSSR count). The van der Waals surface area contributed by atoms with Crippen molar-refractivity contribution >= 4 is 60.5 Å². The molecule has 3 aromatic carbocycles. The minimum absolute atomic E-state index is 0.0104. The standard InChI is InChI=1S/C25H19BrN4O6S2/c1-14-27-21-10-9-19(38(34,35)36)12-20(21)24(33)29(14)18-7-5-15(6-8-18)23(32)28-30-22(31)13-37-25(30)16-3-2-4-17(26)11-16/h2-12,25H,13H2,1H3,(H,28,32)(H,34,35,36). The number of rotatable bonds is 5. The molecular formula is C25H19BrN4O6S2. The molecule has 2 heterocycles. The molecular weight excluding hydrogens is 596 g/mol. The summed E-state index contributed by atoms with van der Waals surface area (Å²) in [7, 11) is -4.50. The van der Waals surface area contributed by atoms with Gasteiger partial charge in [-0.1, -0.05) is 28.1 Å². The minimum atomic E-state index is -4.50. The molecule has 194 valence electrons. The van der Waals surface area contributed by atoms with Crippen LogP contribution in [0.4, 0.5) is 0 Å². The highest BCUT2D eigenvalue weighted by Gasteiger charge is 2.34. The van der Waals surface area contributed by atoms with Gasteiger partial charge >= 0.3 is 0 Å². The first-order valence-electron chi connectivity index (χ1n) is 11.1. The Morgan fingerprint density at radius 2 is 1.84 bits per heavy atom. The van der Waals surface area contributed by atoms with Crippen LogP contribution in [-0.2, 0) is 14.9 Å². The molecule has 0 spiro atoms. The van der Waals surface area contributed by atoms with Crippen LogP contribution in [0.25, 0.3) is 16.6 Å². The summed E-state index contributed by atoms with van der Waals surface area (Å²) in [6, 6.07) is 17.2. The summed E-state index contributed by atoms with van der Waals surface area (Å²) < 4.78 is 34.6. The number of aromatic nitrogens is 2. The van der Waals surface area contributed by atoms with Crippen molar-refractivity contribution in [2.24, 2.45) is 0 Å². The Morgan fingerprint density at radius 1 is 1.11 bits per heavy atom. The lowest BCUT2D eigenvalue weighted by Crippen LogP contribution is -2.44. The van der Waals surface area contributed by atoms with E-state index < -0.39 is 26.5 Å². The average molecular weight is 615 g/mol. The molecule has 38 heavy (non-hydrogen) atoms. The molecule has 2 N–H and O–H groups in total. The zero-order valence-electron chi connectivity index (χ0n) is 19.7. The van der Waals surface area contributed by atoms with E-state index in [1.54, 1.807) is 19.1 Å². The maximum atomic E-state index is 13.2. The van der Waals surface area contributed by atoms with Crippen molar-refractivity contribution in [1.82, 2.24) is 20.0 Å². The van der Waals surface area contributed by atoms with Gasteiger partial charge in [0.25, 0.3) is 27.5 Å². The molecule has 1 aliphatic heterocycles. The largest absolute Gasteiger partial charge is 0.294 e. The second-order valence-corrected chi connectivity index (χ2v) is 11.8. The van der Waals surface area contributed by atoms with Crippen molar-refractivity contribution < 1.29 is 22.6 Å². The third-order valence-corrected chi connectivity index (χ3v) is 8.47. The van der Waals surface area contributed by atoms with Gasteiger partial charge in [0.1, 0.15) is 11.2 Å². The molecule has 4 aromatic rings. The lowest BCUT2D eigenvalue weighted by Gasteiger charge is -2.24. The zero-order valence-corrected chi connectivity index (χ0v) is 22.9. The van der Waals surface area contributed by atoms with E-state index >= 15 is 0 Å². The summed E-state index contributed by atoms with van der Waals surface area (Å²) in [6.45, 7) is 1.62. The van der Waals surface area contributed by atoms with E-state index in [0.29, 0.717) is 11.5 Å². The van der Waals surface area contributed by atoms with Gasteiger partial charge < -0.3 is 0 Å². The minimum Gasteiger partial charge on any atom is -0.282 e. The van der Waals surface area contributed by atoms with Gasteiger partial charge in [-0.05, 0) is 67.1 Å². The lowest BCUT2D eigenvalue weighted by atomic mass is 10.2. The number of fused-ring (bicyclic) bond motifs is 1. The van der Waals surface area contributed by atoms with Gasteiger partial charge in [-0.15, -0.1) is 11.8 Å². The van der Waals surface area contributed by atoms with Crippen LogP contribution in [0.5, 0.6) is 0 Å². The molecule has 10 nitrogen and oxygen atoms in total. The Bertz CT molecular complexity index is 1770. The molecule has 0 aliphatic carbocycles. The number of carbonyl (C=O) groups is 2. The van der Waals surface area contributed by atoms with E-state index in [0.717, 1.165) is 16.1 Å². The maximum absolute atomic E-state index is 13.2. The molecule has 13 heteroatoms. The maximum Gasteiger partial charge on any atom is 0.294 e. The van der Waals surface area contributed by atoms with E-state index in [1.165, 1.54) is 45.6 Å². The fourth-order valence-corrected chi connectivity index (χ4v) is 6.15. The predicted octanol–water partition coefficient (Wildman–Crippen LogP) is 3.62. The van der Waals surface area contributed by atoms with Gasteiger partial charge in [0, 0.05) is 10.0 Å². The first-order chi connectivity index (χ1) is 18.0. The van der Waals surface area contributed by atoms with Gasteiger partial charge in [0.2, 0.25) is 0 Å². The smallest absolute Gasteiger partial charge is 0.282 e. The number of halogens is 1. The molecule has 2 amide bonds. The van der Waals surface area contributed by atoms with Crippen LogP contribution < -0.4 is 11.0 Å². The van der Waals surface area contributed by atoms with Crippen LogP contribution in [0.15, 0.2) is 80.9 Å². The summed E-state index contributed by atoms with van der Waals surface area (Å²) >= 11 is 4.83. The second-order valence-electron chi connectivity index (χ2n) is 8.42. The van der Waals surface area contributed by atoms with E-state index in [2.05, 4.69) is 26.3 Å². The van der Waals surface area contributed by atoms with E-state index in [4.69, 9.17) is 0 Å². The quantitative estimate of drug-likeness (QED) is 0.325. The number of aryl methyl sites for hydroxylation is 1. The molecule has 1 atom stereocenters.